The van der Waals surface area contributed by atoms with Gasteiger partial charge in [0.2, 0.25) is 5.90 Å². The summed E-state index contributed by atoms with van der Waals surface area (Å²) in [6.07, 6.45) is 3.59. The Kier molecular flexibility index (Phi) is 2.99. The van der Waals surface area contributed by atoms with Crippen molar-refractivity contribution in [3.8, 4) is 0 Å². The van der Waals surface area contributed by atoms with E-state index in [2.05, 4.69) is 20.9 Å². The van der Waals surface area contributed by atoms with Gasteiger partial charge in [0.15, 0.2) is 0 Å². The van der Waals surface area contributed by atoms with Gasteiger partial charge in [-0.15, -0.1) is 0 Å². The maximum atomic E-state index is 5.57. The Morgan fingerprint density at radius 2 is 1.72 bits per heavy atom. The van der Waals surface area contributed by atoms with E-state index in [9.17, 15) is 0 Å². The van der Waals surface area contributed by atoms with Crippen molar-refractivity contribution in [3.63, 3.8) is 0 Å². The van der Waals surface area contributed by atoms with Crippen LogP contribution in [0.3, 0.4) is 0 Å². The molecule has 0 atom stereocenters. The number of fused-ring (bicyclic) bond motifs is 1. The van der Waals surface area contributed by atoms with Crippen LogP contribution in [0, 0.1) is 0 Å². The molecule has 1 heterocycles. The van der Waals surface area contributed by atoms with Gasteiger partial charge in [-0.05, 0) is 36.4 Å². The van der Waals surface area contributed by atoms with E-state index >= 15 is 0 Å². The zero-order chi connectivity index (χ0) is 12.4. The van der Waals surface area contributed by atoms with Crippen molar-refractivity contribution in [3.05, 3.63) is 70.4 Å². The predicted octanol–water partition coefficient (Wildman–Crippen LogP) is 4.53. The second-order valence-electron chi connectivity index (χ2n) is 3.90. The summed E-state index contributed by atoms with van der Waals surface area (Å²) in [6, 6.07) is 15.9. The van der Waals surface area contributed by atoms with E-state index in [1.807, 2.05) is 54.6 Å². The molecule has 3 rings (SSSR count). The van der Waals surface area contributed by atoms with E-state index in [4.69, 9.17) is 4.74 Å². The molecule has 0 N–H and O–H groups in total. The molecule has 0 aromatic heterocycles. The summed E-state index contributed by atoms with van der Waals surface area (Å²) in [7, 11) is 0. The third-order valence-electron chi connectivity index (χ3n) is 2.68. The SMILES string of the molecule is Brc1ccc(C2=Nc3ccccc3C=CO2)cc1. The number of para-hydroxylation sites is 1. The van der Waals surface area contributed by atoms with Crippen LogP contribution in [0.5, 0.6) is 0 Å². The van der Waals surface area contributed by atoms with Gasteiger partial charge in [-0.1, -0.05) is 34.1 Å². The lowest BCUT2D eigenvalue weighted by Crippen LogP contribution is -2.01. The summed E-state index contributed by atoms with van der Waals surface area (Å²) in [5.74, 6) is 0.615. The first kappa shape index (κ1) is 11.2. The lowest BCUT2D eigenvalue weighted by molar-refractivity contribution is 0.479. The fraction of sp³-hybridized carbons (Fsp3) is 0. The largest absolute Gasteiger partial charge is 0.446 e. The average molecular weight is 300 g/mol. The number of hydrogen-bond acceptors (Lipinski definition) is 2. The highest BCUT2D eigenvalue weighted by molar-refractivity contribution is 9.10. The lowest BCUT2D eigenvalue weighted by Gasteiger charge is -2.04. The molecule has 2 aromatic rings. The molecule has 88 valence electrons. The molecule has 3 heteroatoms. The predicted molar refractivity (Wildman–Crippen MR) is 76.9 cm³/mol. The fourth-order valence-corrected chi connectivity index (χ4v) is 2.03. The quantitative estimate of drug-likeness (QED) is 0.758. The van der Waals surface area contributed by atoms with Gasteiger partial charge in [-0.3, -0.25) is 0 Å². The smallest absolute Gasteiger partial charge is 0.226 e. The third-order valence-corrected chi connectivity index (χ3v) is 3.21. The maximum Gasteiger partial charge on any atom is 0.226 e. The standard InChI is InChI=1S/C15H10BrNO/c16-13-7-5-12(6-8-13)15-17-14-4-2-1-3-11(14)9-10-18-15/h1-10H. The Labute approximate surface area is 114 Å². The Hall–Kier alpha value is -1.87. The Morgan fingerprint density at radius 3 is 2.56 bits per heavy atom. The minimum atomic E-state index is 0.615. The highest BCUT2D eigenvalue weighted by Gasteiger charge is 2.08. The van der Waals surface area contributed by atoms with Crippen molar-refractivity contribution in [1.82, 2.24) is 0 Å². The molecule has 0 fully saturated rings. The number of hydrogen-bond donors (Lipinski definition) is 0. The Bertz CT molecular complexity index is 629. The van der Waals surface area contributed by atoms with Crippen molar-refractivity contribution in [2.75, 3.05) is 0 Å². The molecule has 0 saturated heterocycles. The summed E-state index contributed by atoms with van der Waals surface area (Å²) in [6.45, 7) is 0. The van der Waals surface area contributed by atoms with E-state index in [0.29, 0.717) is 5.90 Å². The number of halogens is 1. The van der Waals surface area contributed by atoms with Gasteiger partial charge in [0, 0.05) is 15.6 Å². The first-order chi connectivity index (χ1) is 8.83. The third kappa shape index (κ3) is 2.22. The number of aliphatic imine (C=N–C) groups is 1. The van der Waals surface area contributed by atoms with Crippen LogP contribution in [0.2, 0.25) is 0 Å². The van der Waals surface area contributed by atoms with Crippen LogP contribution in [-0.4, -0.2) is 5.90 Å². The van der Waals surface area contributed by atoms with Gasteiger partial charge in [0.1, 0.15) is 0 Å². The first-order valence-electron chi connectivity index (χ1n) is 5.60. The van der Waals surface area contributed by atoms with Crippen LogP contribution in [0.1, 0.15) is 11.1 Å². The summed E-state index contributed by atoms with van der Waals surface area (Å²) >= 11 is 3.42. The van der Waals surface area contributed by atoms with Gasteiger partial charge in [-0.2, -0.15) is 0 Å². The molecular weight excluding hydrogens is 290 g/mol. The van der Waals surface area contributed by atoms with E-state index in [-0.39, 0.29) is 0 Å². The van der Waals surface area contributed by atoms with E-state index in [1.165, 1.54) is 0 Å². The van der Waals surface area contributed by atoms with E-state index in [0.717, 1.165) is 21.3 Å². The number of rotatable bonds is 1. The second kappa shape index (κ2) is 4.78. The molecular formula is C15H10BrNO. The molecule has 0 spiro atoms. The average Bonchev–Trinajstić information content (AvgIpc) is 2.61. The van der Waals surface area contributed by atoms with Gasteiger partial charge < -0.3 is 4.74 Å². The maximum absolute atomic E-state index is 5.57. The molecule has 0 saturated carbocycles. The van der Waals surface area contributed by atoms with Crippen LogP contribution >= 0.6 is 15.9 Å². The zero-order valence-corrected chi connectivity index (χ0v) is 11.1. The normalized spacial score (nSPS) is 13.3. The number of nitrogens with zero attached hydrogens (tertiary/aromatic N) is 1. The van der Waals surface area contributed by atoms with Crippen molar-refractivity contribution in [2.24, 2.45) is 4.99 Å². The molecule has 2 nitrogen and oxygen atoms in total. The Balaban J connectivity index is 2.07. The highest BCUT2D eigenvalue weighted by Crippen LogP contribution is 2.24. The van der Waals surface area contributed by atoms with Crippen LogP contribution < -0.4 is 0 Å². The van der Waals surface area contributed by atoms with Crippen molar-refractivity contribution in [1.29, 1.82) is 0 Å². The lowest BCUT2D eigenvalue weighted by atomic mass is 10.2. The first-order valence-corrected chi connectivity index (χ1v) is 6.39. The molecule has 0 aliphatic carbocycles. The zero-order valence-electron chi connectivity index (χ0n) is 9.51. The molecule has 2 aromatic carbocycles. The highest BCUT2D eigenvalue weighted by atomic mass is 79.9. The van der Waals surface area contributed by atoms with E-state index < -0.39 is 0 Å². The molecule has 0 radical (unpaired) electrons. The minimum absolute atomic E-state index is 0.615. The Morgan fingerprint density at radius 1 is 0.944 bits per heavy atom. The van der Waals surface area contributed by atoms with Crippen LogP contribution in [0.4, 0.5) is 5.69 Å². The van der Waals surface area contributed by atoms with Gasteiger partial charge >= 0.3 is 0 Å². The van der Waals surface area contributed by atoms with Crippen molar-refractivity contribution < 1.29 is 4.74 Å². The van der Waals surface area contributed by atoms with Gasteiger partial charge in [-0.25, -0.2) is 4.99 Å². The van der Waals surface area contributed by atoms with Gasteiger partial charge in [0.25, 0.3) is 0 Å². The minimum Gasteiger partial charge on any atom is -0.446 e. The van der Waals surface area contributed by atoms with Gasteiger partial charge in [0.05, 0.1) is 11.9 Å². The molecule has 0 amide bonds. The number of ether oxygens (including phenoxy) is 1. The molecule has 1 aliphatic heterocycles. The van der Waals surface area contributed by atoms with E-state index in [1.54, 1.807) is 6.26 Å². The fourth-order valence-electron chi connectivity index (χ4n) is 1.76. The second-order valence-corrected chi connectivity index (χ2v) is 4.82. The van der Waals surface area contributed by atoms with Crippen molar-refractivity contribution >= 4 is 33.6 Å². The summed E-state index contributed by atoms with van der Waals surface area (Å²) in [4.78, 5) is 4.56. The van der Waals surface area contributed by atoms with Crippen LogP contribution in [0.25, 0.3) is 6.08 Å². The van der Waals surface area contributed by atoms with Crippen molar-refractivity contribution in [2.45, 2.75) is 0 Å². The summed E-state index contributed by atoms with van der Waals surface area (Å²) in [5, 5.41) is 0. The van der Waals surface area contributed by atoms with Crippen LogP contribution in [-0.2, 0) is 4.74 Å². The molecule has 0 unspecified atom stereocenters. The molecule has 1 aliphatic rings. The summed E-state index contributed by atoms with van der Waals surface area (Å²) in [5.41, 5.74) is 2.94. The monoisotopic (exact) mass is 299 g/mol. The molecule has 18 heavy (non-hydrogen) atoms. The summed E-state index contributed by atoms with van der Waals surface area (Å²) < 4.78 is 6.60. The topological polar surface area (TPSA) is 21.6 Å². The van der Waals surface area contributed by atoms with Crippen LogP contribution in [0.15, 0.2) is 64.3 Å². The molecule has 0 bridgehead atoms. The number of benzene rings is 2.